The lowest BCUT2D eigenvalue weighted by molar-refractivity contribution is 0.301. The monoisotopic (exact) mass is 371 g/mol. The van der Waals surface area contributed by atoms with Crippen LogP contribution in [0.15, 0.2) is 59.5 Å². The summed E-state index contributed by atoms with van der Waals surface area (Å²) >= 11 is 3.61. The normalized spacial score (nSPS) is 10.7. The number of hydrogen-bond donors (Lipinski definition) is 0. The molecule has 0 aliphatic rings. The SMILES string of the molecule is Cc1nn(CCc2cccnc2)c(Br)c1OCc1ccccc1. The minimum Gasteiger partial charge on any atom is -0.484 e. The smallest absolute Gasteiger partial charge is 0.175 e. The minimum absolute atomic E-state index is 0.536. The van der Waals surface area contributed by atoms with Gasteiger partial charge in [-0.15, -0.1) is 0 Å². The molecule has 2 heterocycles. The zero-order valence-corrected chi connectivity index (χ0v) is 14.5. The summed E-state index contributed by atoms with van der Waals surface area (Å²) in [5.74, 6) is 0.806. The van der Waals surface area contributed by atoms with E-state index in [0.717, 1.165) is 34.6 Å². The molecule has 4 nitrogen and oxygen atoms in total. The van der Waals surface area contributed by atoms with Gasteiger partial charge in [-0.1, -0.05) is 36.4 Å². The van der Waals surface area contributed by atoms with E-state index < -0.39 is 0 Å². The number of pyridine rings is 1. The second-order valence-electron chi connectivity index (χ2n) is 5.31. The Labute approximate surface area is 144 Å². The maximum Gasteiger partial charge on any atom is 0.175 e. The molecule has 0 atom stereocenters. The Morgan fingerprint density at radius 2 is 1.87 bits per heavy atom. The van der Waals surface area contributed by atoms with E-state index >= 15 is 0 Å². The molecule has 1 aromatic carbocycles. The zero-order chi connectivity index (χ0) is 16.1. The van der Waals surface area contributed by atoms with Crippen LogP contribution < -0.4 is 4.74 Å². The Morgan fingerprint density at radius 1 is 1.09 bits per heavy atom. The van der Waals surface area contributed by atoms with Crippen molar-refractivity contribution in [2.75, 3.05) is 0 Å². The first-order chi connectivity index (χ1) is 11.2. The van der Waals surface area contributed by atoms with Crippen LogP contribution in [0.2, 0.25) is 0 Å². The van der Waals surface area contributed by atoms with Crippen molar-refractivity contribution in [3.63, 3.8) is 0 Å². The number of ether oxygens (including phenoxy) is 1. The summed E-state index contributed by atoms with van der Waals surface area (Å²) in [6.07, 6.45) is 4.55. The van der Waals surface area contributed by atoms with E-state index in [-0.39, 0.29) is 0 Å². The molecule has 0 spiro atoms. The molecule has 3 rings (SSSR count). The van der Waals surface area contributed by atoms with Crippen molar-refractivity contribution in [1.29, 1.82) is 0 Å². The molecule has 0 amide bonds. The van der Waals surface area contributed by atoms with Crippen LogP contribution in [-0.2, 0) is 19.6 Å². The highest BCUT2D eigenvalue weighted by Crippen LogP contribution is 2.29. The van der Waals surface area contributed by atoms with E-state index in [1.54, 1.807) is 6.20 Å². The number of aromatic nitrogens is 3. The Morgan fingerprint density at radius 3 is 2.61 bits per heavy atom. The van der Waals surface area contributed by atoms with Crippen LogP contribution in [0.25, 0.3) is 0 Å². The quantitative estimate of drug-likeness (QED) is 0.652. The van der Waals surface area contributed by atoms with Crippen LogP contribution in [0.3, 0.4) is 0 Å². The Bertz CT molecular complexity index is 757. The molecule has 0 saturated carbocycles. The van der Waals surface area contributed by atoms with Gasteiger partial charge in [0, 0.05) is 18.9 Å². The average molecular weight is 372 g/mol. The molecule has 5 heteroatoms. The number of aryl methyl sites for hydroxylation is 3. The number of nitrogens with zero attached hydrogens (tertiary/aromatic N) is 3. The van der Waals surface area contributed by atoms with Crippen molar-refractivity contribution in [3.8, 4) is 5.75 Å². The van der Waals surface area contributed by atoms with Gasteiger partial charge in [-0.25, -0.2) is 0 Å². The van der Waals surface area contributed by atoms with E-state index in [2.05, 4.69) is 44.2 Å². The molecule has 0 bridgehead atoms. The Balaban J connectivity index is 1.67. The third-order valence-corrected chi connectivity index (χ3v) is 4.34. The van der Waals surface area contributed by atoms with Crippen molar-refractivity contribution < 1.29 is 4.74 Å². The fourth-order valence-corrected chi connectivity index (χ4v) is 3.02. The summed E-state index contributed by atoms with van der Waals surface area (Å²) in [4.78, 5) is 4.14. The number of hydrogen-bond acceptors (Lipinski definition) is 3. The molecule has 0 fully saturated rings. The highest BCUT2D eigenvalue weighted by atomic mass is 79.9. The molecular weight excluding hydrogens is 354 g/mol. The van der Waals surface area contributed by atoms with Gasteiger partial charge in [-0.2, -0.15) is 5.10 Å². The average Bonchev–Trinajstić information content (AvgIpc) is 2.87. The first-order valence-electron chi connectivity index (χ1n) is 7.52. The van der Waals surface area contributed by atoms with Crippen LogP contribution in [-0.4, -0.2) is 14.8 Å². The van der Waals surface area contributed by atoms with E-state index in [9.17, 15) is 0 Å². The largest absolute Gasteiger partial charge is 0.484 e. The Hall–Kier alpha value is -2.14. The topological polar surface area (TPSA) is 39.9 Å². The molecule has 0 radical (unpaired) electrons. The molecule has 23 heavy (non-hydrogen) atoms. The van der Waals surface area contributed by atoms with Crippen molar-refractivity contribution in [2.24, 2.45) is 0 Å². The molecular formula is C18H18BrN3O. The van der Waals surface area contributed by atoms with Crippen LogP contribution in [0.4, 0.5) is 0 Å². The second kappa shape index (κ2) is 7.42. The van der Waals surface area contributed by atoms with E-state index in [0.29, 0.717) is 6.61 Å². The molecule has 3 aromatic rings. The summed E-state index contributed by atoms with van der Waals surface area (Å²) in [5, 5.41) is 4.56. The van der Waals surface area contributed by atoms with Gasteiger partial charge in [0.15, 0.2) is 5.75 Å². The highest BCUT2D eigenvalue weighted by Gasteiger charge is 2.14. The van der Waals surface area contributed by atoms with Gasteiger partial charge in [0.25, 0.3) is 0 Å². The maximum absolute atomic E-state index is 5.94. The fraction of sp³-hybridized carbons (Fsp3) is 0.222. The molecule has 2 aromatic heterocycles. The predicted octanol–water partition coefficient (Wildman–Crippen LogP) is 4.17. The number of halogens is 1. The number of benzene rings is 1. The van der Waals surface area contributed by atoms with E-state index in [1.165, 1.54) is 5.56 Å². The van der Waals surface area contributed by atoms with Crippen molar-refractivity contribution >= 4 is 15.9 Å². The number of rotatable bonds is 6. The molecule has 0 saturated heterocycles. The first-order valence-corrected chi connectivity index (χ1v) is 8.32. The van der Waals surface area contributed by atoms with Gasteiger partial charge < -0.3 is 4.74 Å². The summed E-state index contributed by atoms with van der Waals surface area (Å²) in [7, 11) is 0. The first kappa shape index (κ1) is 15.7. The van der Waals surface area contributed by atoms with Crippen LogP contribution in [0.5, 0.6) is 5.75 Å². The summed E-state index contributed by atoms with van der Waals surface area (Å²) < 4.78 is 8.76. The summed E-state index contributed by atoms with van der Waals surface area (Å²) in [5.41, 5.74) is 3.22. The van der Waals surface area contributed by atoms with Crippen molar-refractivity contribution in [2.45, 2.75) is 26.5 Å². The molecule has 0 aliphatic heterocycles. The fourth-order valence-electron chi connectivity index (χ4n) is 2.36. The molecule has 0 unspecified atom stereocenters. The highest BCUT2D eigenvalue weighted by molar-refractivity contribution is 9.10. The third-order valence-electron chi connectivity index (χ3n) is 3.57. The van der Waals surface area contributed by atoms with Gasteiger partial charge in [0.05, 0.1) is 0 Å². The standard InChI is InChI=1S/C18H18BrN3O/c1-14-17(23-13-16-6-3-2-4-7-16)18(19)22(21-14)11-9-15-8-5-10-20-12-15/h2-8,10,12H,9,11,13H2,1H3. The van der Waals surface area contributed by atoms with E-state index in [1.807, 2.05) is 42.1 Å². The van der Waals surface area contributed by atoms with Crippen LogP contribution in [0, 0.1) is 6.92 Å². The predicted molar refractivity (Wildman–Crippen MR) is 93.4 cm³/mol. The summed E-state index contributed by atoms with van der Waals surface area (Å²) in [6.45, 7) is 3.28. The van der Waals surface area contributed by atoms with Crippen LogP contribution >= 0.6 is 15.9 Å². The summed E-state index contributed by atoms with van der Waals surface area (Å²) in [6, 6.07) is 14.2. The minimum atomic E-state index is 0.536. The van der Waals surface area contributed by atoms with Gasteiger partial charge in [-0.05, 0) is 46.5 Å². The Kier molecular flexibility index (Phi) is 5.08. The lowest BCUT2D eigenvalue weighted by Gasteiger charge is -2.07. The molecule has 118 valence electrons. The van der Waals surface area contributed by atoms with Crippen LogP contribution in [0.1, 0.15) is 16.8 Å². The lowest BCUT2D eigenvalue weighted by atomic mass is 10.2. The van der Waals surface area contributed by atoms with Crippen molar-refractivity contribution in [3.05, 3.63) is 76.3 Å². The van der Waals surface area contributed by atoms with Gasteiger partial charge >= 0.3 is 0 Å². The van der Waals surface area contributed by atoms with Gasteiger partial charge in [0.1, 0.15) is 16.9 Å². The molecule has 0 N–H and O–H groups in total. The zero-order valence-electron chi connectivity index (χ0n) is 12.9. The van der Waals surface area contributed by atoms with Crippen molar-refractivity contribution in [1.82, 2.24) is 14.8 Å². The lowest BCUT2D eigenvalue weighted by Crippen LogP contribution is -2.04. The third kappa shape index (κ3) is 3.99. The maximum atomic E-state index is 5.94. The van der Waals surface area contributed by atoms with E-state index in [4.69, 9.17) is 4.74 Å². The van der Waals surface area contributed by atoms with Gasteiger partial charge in [-0.3, -0.25) is 9.67 Å². The molecule has 0 aliphatic carbocycles. The second-order valence-corrected chi connectivity index (χ2v) is 6.07. The van der Waals surface area contributed by atoms with Gasteiger partial charge in [0.2, 0.25) is 0 Å².